The SMILES string of the molecule is CC(C)(C)c1ccc(NC(=O)CSc2nncc(=O)n2N)cc1. The van der Waals surface area contributed by atoms with Gasteiger partial charge in [-0.1, -0.05) is 44.7 Å². The van der Waals surface area contributed by atoms with Gasteiger partial charge < -0.3 is 11.2 Å². The van der Waals surface area contributed by atoms with Crippen LogP contribution in [-0.2, 0) is 10.2 Å². The quantitative estimate of drug-likeness (QED) is 0.647. The first kappa shape index (κ1) is 17.0. The molecule has 8 heteroatoms. The number of aromatic nitrogens is 3. The molecule has 7 nitrogen and oxygen atoms in total. The Hall–Kier alpha value is -2.35. The first-order valence-electron chi connectivity index (χ1n) is 7.00. The molecule has 1 aromatic carbocycles. The van der Waals surface area contributed by atoms with Crippen molar-refractivity contribution >= 4 is 23.4 Å². The summed E-state index contributed by atoms with van der Waals surface area (Å²) in [6.45, 7) is 6.39. The number of nitrogens with two attached hydrogens (primary N) is 1. The van der Waals surface area contributed by atoms with E-state index in [1.165, 1.54) is 5.56 Å². The van der Waals surface area contributed by atoms with Gasteiger partial charge in [-0.3, -0.25) is 9.59 Å². The molecule has 0 spiro atoms. The lowest BCUT2D eigenvalue weighted by Gasteiger charge is -2.19. The molecule has 1 aromatic heterocycles. The minimum Gasteiger partial charge on any atom is -0.334 e. The highest BCUT2D eigenvalue weighted by atomic mass is 32.2. The van der Waals surface area contributed by atoms with Crippen LogP contribution in [0.1, 0.15) is 26.3 Å². The van der Waals surface area contributed by atoms with E-state index in [0.717, 1.165) is 22.6 Å². The molecule has 0 bridgehead atoms. The predicted molar refractivity (Wildman–Crippen MR) is 90.9 cm³/mol. The number of nitrogens with one attached hydrogen (secondary N) is 1. The molecule has 0 fully saturated rings. The number of thioether (sulfide) groups is 1. The molecule has 2 rings (SSSR count). The van der Waals surface area contributed by atoms with E-state index in [0.29, 0.717) is 5.69 Å². The average molecular weight is 333 g/mol. The fourth-order valence-corrected chi connectivity index (χ4v) is 2.48. The van der Waals surface area contributed by atoms with Gasteiger partial charge in [-0.25, -0.2) is 0 Å². The lowest BCUT2D eigenvalue weighted by Crippen LogP contribution is -2.30. The van der Waals surface area contributed by atoms with Crippen LogP contribution in [0.4, 0.5) is 5.69 Å². The van der Waals surface area contributed by atoms with Crippen LogP contribution >= 0.6 is 11.8 Å². The summed E-state index contributed by atoms with van der Waals surface area (Å²) in [7, 11) is 0. The molecule has 3 N–H and O–H groups in total. The Bertz CT molecular complexity index is 750. The maximum absolute atomic E-state index is 12.0. The molecular formula is C15H19N5O2S. The van der Waals surface area contributed by atoms with Gasteiger partial charge in [0, 0.05) is 5.69 Å². The summed E-state index contributed by atoms with van der Waals surface area (Å²) in [4.78, 5) is 23.3. The molecule has 1 heterocycles. The summed E-state index contributed by atoms with van der Waals surface area (Å²) < 4.78 is 0.864. The van der Waals surface area contributed by atoms with Crippen molar-refractivity contribution in [3.8, 4) is 0 Å². The van der Waals surface area contributed by atoms with Gasteiger partial charge in [-0.2, -0.15) is 9.77 Å². The Balaban J connectivity index is 1.95. The number of nitrogens with zero attached hydrogens (tertiary/aromatic N) is 3. The van der Waals surface area contributed by atoms with Crippen LogP contribution in [0.5, 0.6) is 0 Å². The Labute approximate surface area is 138 Å². The number of amides is 1. The highest BCUT2D eigenvalue weighted by Crippen LogP contribution is 2.23. The largest absolute Gasteiger partial charge is 0.334 e. The third-order valence-electron chi connectivity index (χ3n) is 3.12. The number of benzene rings is 1. The molecule has 2 aromatic rings. The highest BCUT2D eigenvalue weighted by molar-refractivity contribution is 7.99. The molecule has 0 unspecified atom stereocenters. The Morgan fingerprint density at radius 1 is 1.30 bits per heavy atom. The zero-order valence-electron chi connectivity index (χ0n) is 13.2. The molecule has 0 aliphatic carbocycles. The monoisotopic (exact) mass is 333 g/mol. The molecule has 0 aliphatic heterocycles. The van der Waals surface area contributed by atoms with E-state index in [2.05, 4.69) is 36.3 Å². The van der Waals surface area contributed by atoms with Crippen molar-refractivity contribution < 1.29 is 4.79 Å². The predicted octanol–water partition coefficient (Wildman–Crippen LogP) is 1.38. The van der Waals surface area contributed by atoms with E-state index in [-0.39, 0.29) is 22.2 Å². The molecule has 23 heavy (non-hydrogen) atoms. The lowest BCUT2D eigenvalue weighted by atomic mass is 9.87. The van der Waals surface area contributed by atoms with E-state index in [9.17, 15) is 9.59 Å². The summed E-state index contributed by atoms with van der Waals surface area (Å²) in [5.41, 5.74) is 1.50. The van der Waals surface area contributed by atoms with Crippen molar-refractivity contribution in [1.29, 1.82) is 0 Å². The van der Waals surface area contributed by atoms with Crippen molar-refractivity contribution in [2.45, 2.75) is 31.3 Å². The Kier molecular flexibility index (Phi) is 5.05. The smallest absolute Gasteiger partial charge is 0.291 e. The fourth-order valence-electron chi connectivity index (χ4n) is 1.81. The van der Waals surface area contributed by atoms with Gasteiger partial charge in [-0.15, -0.1) is 5.10 Å². The third-order valence-corrected chi connectivity index (χ3v) is 4.07. The zero-order chi connectivity index (χ0) is 17.0. The molecule has 0 saturated heterocycles. The number of anilines is 1. The van der Waals surface area contributed by atoms with Gasteiger partial charge in [-0.05, 0) is 23.1 Å². The van der Waals surface area contributed by atoms with Crippen LogP contribution in [0, 0.1) is 0 Å². The van der Waals surface area contributed by atoms with Crippen molar-refractivity contribution in [3.05, 3.63) is 46.4 Å². The van der Waals surface area contributed by atoms with Crippen LogP contribution in [0.15, 0.2) is 40.4 Å². The third kappa shape index (κ3) is 4.56. The molecular weight excluding hydrogens is 314 g/mol. The molecule has 0 radical (unpaired) electrons. The Morgan fingerprint density at radius 2 is 1.96 bits per heavy atom. The number of hydrogen-bond acceptors (Lipinski definition) is 6. The van der Waals surface area contributed by atoms with Gasteiger partial charge in [0.2, 0.25) is 11.1 Å². The van der Waals surface area contributed by atoms with Gasteiger partial charge in [0.1, 0.15) is 6.20 Å². The number of hydrogen-bond donors (Lipinski definition) is 2. The molecule has 0 saturated carbocycles. The van der Waals surface area contributed by atoms with Crippen molar-refractivity contribution in [2.75, 3.05) is 16.9 Å². The maximum Gasteiger partial charge on any atom is 0.291 e. The number of carbonyl (C=O) groups excluding carboxylic acids is 1. The standard InChI is InChI=1S/C15H19N5O2S/c1-15(2,3)10-4-6-11(7-5-10)18-12(21)9-23-14-19-17-8-13(22)20(14)16/h4-8H,9,16H2,1-3H3,(H,18,21). The highest BCUT2D eigenvalue weighted by Gasteiger charge is 2.13. The average Bonchev–Trinajstić information content (AvgIpc) is 2.48. The Morgan fingerprint density at radius 3 is 2.57 bits per heavy atom. The van der Waals surface area contributed by atoms with E-state index in [1.54, 1.807) is 0 Å². The molecule has 1 amide bonds. The summed E-state index contributed by atoms with van der Waals surface area (Å²) >= 11 is 1.05. The van der Waals surface area contributed by atoms with Gasteiger partial charge in [0.15, 0.2) is 0 Å². The van der Waals surface area contributed by atoms with Crippen molar-refractivity contribution in [2.24, 2.45) is 0 Å². The minimum atomic E-state index is -0.472. The number of nitrogen functional groups attached to an aromatic ring is 1. The van der Waals surface area contributed by atoms with E-state index < -0.39 is 5.56 Å². The van der Waals surface area contributed by atoms with Gasteiger partial charge >= 0.3 is 0 Å². The summed E-state index contributed by atoms with van der Waals surface area (Å²) in [5.74, 6) is 5.40. The summed E-state index contributed by atoms with van der Waals surface area (Å²) in [5, 5.41) is 10.2. The molecule has 0 atom stereocenters. The van der Waals surface area contributed by atoms with E-state index >= 15 is 0 Å². The van der Waals surface area contributed by atoms with Gasteiger partial charge in [0.25, 0.3) is 5.56 Å². The van der Waals surface area contributed by atoms with E-state index in [1.807, 2.05) is 24.3 Å². The first-order chi connectivity index (χ1) is 10.8. The lowest BCUT2D eigenvalue weighted by molar-refractivity contribution is -0.113. The number of carbonyl (C=O) groups is 1. The normalized spacial score (nSPS) is 11.3. The van der Waals surface area contributed by atoms with Crippen LogP contribution in [0.2, 0.25) is 0 Å². The van der Waals surface area contributed by atoms with E-state index in [4.69, 9.17) is 5.84 Å². The van der Waals surface area contributed by atoms with Crippen LogP contribution in [0.25, 0.3) is 0 Å². The van der Waals surface area contributed by atoms with Crippen molar-refractivity contribution in [3.63, 3.8) is 0 Å². The fraction of sp³-hybridized carbons (Fsp3) is 0.333. The first-order valence-corrected chi connectivity index (χ1v) is 7.99. The second-order valence-corrected chi connectivity index (χ2v) is 6.94. The summed E-state index contributed by atoms with van der Waals surface area (Å²) in [6.07, 6.45) is 1.01. The zero-order valence-corrected chi connectivity index (χ0v) is 14.1. The van der Waals surface area contributed by atoms with Crippen LogP contribution in [-0.4, -0.2) is 26.5 Å². The molecule has 122 valence electrons. The maximum atomic E-state index is 12.0. The second kappa shape index (κ2) is 6.82. The van der Waals surface area contributed by atoms with Crippen LogP contribution < -0.4 is 16.7 Å². The second-order valence-electron chi connectivity index (χ2n) is 6.00. The van der Waals surface area contributed by atoms with Crippen molar-refractivity contribution in [1.82, 2.24) is 14.9 Å². The minimum absolute atomic E-state index is 0.0646. The number of rotatable bonds is 4. The van der Waals surface area contributed by atoms with Gasteiger partial charge in [0.05, 0.1) is 5.75 Å². The topological polar surface area (TPSA) is 103 Å². The van der Waals surface area contributed by atoms with Crippen LogP contribution in [0.3, 0.4) is 0 Å². The molecule has 0 aliphatic rings. The summed E-state index contributed by atoms with van der Waals surface area (Å²) in [6, 6.07) is 7.71.